The third-order valence-corrected chi connectivity index (χ3v) is 4.65. The van der Waals surface area contributed by atoms with Crippen molar-refractivity contribution in [3.63, 3.8) is 0 Å². The van der Waals surface area contributed by atoms with E-state index in [2.05, 4.69) is 50.2 Å². The second-order valence-corrected chi connectivity index (χ2v) is 6.06. The van der Waals surface area contributed by atoms with Crippen molar-refractivity contribution in [2.24, 2.45) is 5.73 Å². The first kappa shape index (κ1) is 18.3. The van der Waals surface area contributed by atoms with Gasteiger partial charge in [0.2, 0.25) is 0 Å². The third-order valence-electron chi connectivity index (χ3n) is 4.65. The Labute approximate surface area is 145 Å². The largest absolute Gasteiger partial charge is 0.496 e. The minimum Gasteiger partial charge on any atom is -0.496 e. The number of nitrogens with two attached hydrogens (primary N) is 1. The van der Waals surface area contributed by atoms with Crippen LogP contribution < -0.4 is 15.2 Å². The molecule has 130 valence electrons. The van der Waals surface area contributed by atoms with Crippen LogP contribution in [0, 0.1) is 0 Å². The van der Waals surface area contributed by atoms with Gasteiger partial charge in [-0.05, 0) is 60.2 Å². The van der Waals surface area contributed by atoms with Crippen LogP contribution in [0.1, 0.15) is 42.0 Å². The lowest BCUT2D eigenvalue weighted by molar-refractivity contribution is 0.409. The van der Waals surface area contributed by atoms with Gasteiger partial charge in [-0.15, -0.1) is 0 Å². The molecule has 24 heavy (non-hydrogen) atoms. The zero-order valence-electron chi connectivity index (χ0n) is 15.3. The molecule has 0 aromatic heterocycles. The molecule has 1 atom stereocenters. The molecule has 0 amide bonds. The van der Waals surface area contributed by atoms with E-state index in [0.717, 1.165) is 30.8 Å². The molecule has 2 N–H and O–H groups in total. The molecule has 0 bridgehead atoms. The first-order chi connectivity index (χ1) is 11.7. The summed E-state index contributed by atoms with van der Waals surface area (Å²) < 4.78 is 10.9. The van der Waals surface area contributed by atoms with Crippen molar-refractivity contribution in [2.45, 2.75) is 39.0 Å². The molecule has 0 saturated carbocycles. The molecule has 2 rings (SSSR count). The van der Waals surface area contributed by atoms with Gasteiger partial charge in [-0.3, -0.25) is 0 Å². The maximum absolute atomic E-state index is 6.09. The molecule has 1 unspecified atom stereocenters. The SMILES string of the molecule is CCc1cc(CC(CN)c2ccc(OC)c(CC)c2)ccc1OC. The average Bonchev–Trinajstić information content (AvgIpc) is 2.65. The summed E-state index contributed by atoms with van der Waals surface area (Å²) in [5.41, 5.74) is 11.1. The van der Waals surface area contributed by atoms with Crippen molar-refractivity contribution >= 4 is 0 Å². The third kappa shape index (κ3) is 4.09. The van der Waals surface area contributed by atoms with Gasteiger partial charge in [0, 0.05) is 5.92 Å². The van der Waals surface area contributed by atoms with Crippen LogP contribution in [0.5, 0.6) is 11.5 Å². The first-order valence-electron chi connectivity index (χ1n) is 8.69. The maximum atomic E-state index is 6.09. The molecule has 2 aromatic carbocycles. The Morgan fingerprint density at radius 2 is 1.46 bits per heavy atom. The standard InChI is InChI=1S/C21H29NO2/c1-5-16-11-15(7-9-20(16)23-3)12-19(14-22)18-8-10-21(24-4)17(6-2)13-18/h7-11,13,19H,5-6,12,14,22H2,1-4H3. The first-order valence-corrected chi connectivity index (χ1v) is 8.69. The molecule has 0 aliphatic heterocycles. The molecular formula is C21H29NO2. The van der Waals surface area contributed by atoms with Gasteiger partial charge < -0.3 is 15.2 Å². The zero-order chi connectivity index (χ0) is 17.5. The normalized spacial score (nSPS) is 12.0. The topological polar surface area (TPSA) is 44.5 Å². The fraction of sp³-hybridized carbons (Fsp3) is 0.429. The lowest BCUT2D eigenvalue weighted by atomic mass is 9.89. The van der Waals surface area contributed by atoms with Crippen LogP contribution in [0.3, 0.4) is 0 Å². The van der Waals surface area contributed by atoms with E-state index in [-0.39, 0.29) is 0 Å². The van der Waals surface area contributed by atoms with Crippen LogP contribution in [0.4, 0.5) is 0 Å². The fourth-order valence-electron chi connectivity index (χ4n) is 3.19. The maximum Gasteiger partial charge on any atom is 0.122 e. The van der Waals surface area contributed by atoms with Gasteiger partial charge in [-0.1, -0.05) is 38.1 Å². The van der Waals surface area contributed by atoms with Crippen molar-refractivity contribution < 1.29 is 9.47 Å². The second-order valence-electron chi connectivity index (χ2n) is 6.06. The van der Waals surface area contributed by atoms with Gasteiger partial charge in [0.05, 0.1) is 14.2 Å². The predicted octanol–water partition coefficient (Wildman–Crippen LogP) is 4.11. The Hall–Kier alpha value is -2.00. The van der Waals surface area contributed by atoms with Crippen LogP contribution >= 0.6 is 0 Å². The van der Waals surface area contributed by atoms with Crippen LogP contribution in [0.25, 0.3) is 0 Å². The van der Waals surface area contributed by atoms with Gasteiger partial charge in [0.25, 0.3) is 0 Å². The number of hydrogen-bond acceptors (Lipinski definition) is 3. The molecule has 0 radical (unpaired) electrons. The summed E-state index contributed by atoms with van der Waals surface area (Å²) in [5, 5.41) is 0. The molecule has 0 heterocycles. The van der Waals surface area contributed by atoms with E-state index >= 15 is 0 Å². The summed E-state index contributed by atoms with van der Waals surface area (Å²) in [5.74, 6) is 2.22. The highest BCUT2D eigenvalue weighted by molar-refractivity contribution is 5.41. The van der Waals surface area contributed by atoms with Crippen molar-refractivity contribution in [1.82, 2.24) is 0 Å². The highest BCUT2D eigenvalue weighted by Gasteiger charge is 2.14. The fourth-order valence-corrected chi connectivity index (χ4v) is 3.19. The summed E-state index contributed by atoms with van der Waals surface area (Å²) in [6.07, 6.45) is 2.85. The lowest BCUT2D eigenvalue weighted by Gasteiger charge is -2.18. The molecule has 0 saturated heterocycles. The van der Waals surface area contributed by atoms with Crippen molar-refractivity contribution in [3.05, 3.63) is 58.7 Å². The molecule has 0 aliphatic carbocycles. The molecule has 3 heteroatoms. The Morgan fingerprint density at radius 3 is 2.00 bits per heavy atom. The molecular weight excluding hydrogens is 298 g/mol. The molecule has 0 spiro atoms. The smallest absolute Gasteiger partial charge is 0.122 e. The zero-order valence-corrected chi connectivity index (χ0v) is 15.3. The highest BCUT2D eigenvalue weighted by Crippen LogP contribution is 2.28. The number of hydrogen-bond donors (Lipinski definition) is 1. The lowest BCUT2D eigenvalue weighted by Crippen LogP contribution is -2.15. The van der Waals surface area contributed by atoms with Crippen LogP contribution in [-0.4, -0.2) is 20.8 Å². The quantitative estimate of drug-likeness (QED) is 0.793. The monoisotopic (exact) mass is 327 g/mol. The van der Waals surface area contributed by atoms with Gasteiger partial charge in [0.15, 0.2) is 0 Å². The number of benzene rings is 2. The van der Waals surface area contributed by atoms with E-state index in [1.54, 1.807) is 14.2 Å². The number of methoxy groups -OCH3 is 2. The highest BCUT2D eigenvalue weighted by atomic mass is 16.5. The van der Waals surface area contributed by atoms with Gasteiger partial charge in [-0.2, -0.15) is 0 Å². The average molecular weight is 327 g/mol. The Balaban J connectivity index is 2.26. The Bertz CT molecular complexity index is 667. The molecule has 0 fully saturated rings. The predicted molar refractivity (Wildman–Crippen MR) is 100 cm³/mol. The van der Waals surface area contributed by atoms with E-state index in [9.17, 15) is 0 Å². The van der Waals surface area contributed by atoms with E-state index in [1.807, 2.05) is 0 Å². The minimum absolute atomic E-state index is 0.305. The van der Waals surface area contributed by atoms with Crippen LogP contribution in [0.15, 0.2) is 36.4 Å². The molecule has 2 aromatic rings. The Kier molecular flexibility index (Phi) is 6.68. The molecule has 0 aliphatic rings. The van der Waals surface area contributed by atoms with E-state index in [1.165, 1.54) is 22.3 Å². The number of ether oxygens (including phenoxy) is 2. The molecule has 3 nitrogen and oxygen atoms in total. The summed E-state index contributed by atoms with van der Waals surface area (Å²) in [6.45, 7) is 4.93. The van der Waals surface area contributed by atoms with Crippen molar-refractivity contribution in [3.8, 4) is 11.5 Å². The number of rotatable bonds is 8. The van der Waals surface area contributed by atoms with Crippen LogP contribution in [-0.2, 0) is 19.3 Å². The van der Waals surface area contributed by atoms with Gasteiger partial charge in [-0.25, -0.2) is 0 Å². The summed E-state index contributed by atoms with van der Waals surface area (Å²) in [4.78, 5) is 0. The Morgan fingerprint density at radius 1 is 0.875 bits per heavy atom. The van der Waals surface area contributed by atoms with Crippen molar-refractivity contribution in [1.29, 1.82) is 0 Å². The van der Waals surface area contributed by atoms with Gasteiger partial charge in [0.1, 0.15) is 11.5 Å². The minimum atomic E-state index is 0.305. The van der Waals surface area contributed by atoms with E-state index < -0.39 is 0 Å². The summed E-state index contributed by atoms with van der Waals surface area (Å²) in [6, 6.07) is 12.9. The number of aryl methyl sites for hydroxylation is 2. The van der Waals surface area contributed by atoms with Gasteiger partial charge >= 0.3 is 0 Å². The second kappa shape index (κ2) is 8.74. The van der Waals surface area contributed by atoms with Crippen LogP contribution in [0.2, 0.25) is 0 Å². The van der Waals surface area contributed by atoms with E-state index in [4.69, 9.17) is 15.2 Å². The summed E-state index contributed by atoms with van der Waals surface area (Å²) >= 11 is 0. The summed E-state index contributed by atoms with van der Waals surface area (Å²) in [7, 11) is 3.44. The van der Waals surface area contributed by atoms with Crippen molar-refractivity contribution in [2.75, 3.05) is 20.8 Å². The van der Waals surface area contributed by atoms with E-state index in [0.29, 0.717) is 12.5 Å².